The van der Waals surface area contributed by atoms with E-state index in [1.807, 2.05) is 0 Å². The van der Waals surface area contributed by atoms with Gasteiger partial charge in [0.2, 0.25) is 0 Å². The molecule has 12 heavy (non-hydrogen) atoms. The summed E-state index contributed by atoms with van der Waals surface area (Å²) < 4.78 is 35.6. The summed E-state index contributed by atoms with van der Waals surface area (Å²) in [4.78, 5) is 1.41. The van der Waals surface area contributed by atoms with Crippen LogP contribution >= 0.6 is 0 Å². The molecule has 0 bridgehead atoms. The van der Waals surface area contributed by atoms with E-state index in [2.05, 4.69) is 0 Å². The molecule has 1 atom stereocenters. The van der Waals surface area contributed by atoms with Crippen molar-refractivity contribution in [2.24, 2.45) is 11.7 Å². The van der Waals surface area contributed by atoms with Gasteiger partial charge in [-0.05, 0) is 25.4 Å². The van der Waals surface area contributed by atoms with Crippen molar-refractivity contribution in [2.75, 3.05) is 26.2 Å². The Kier molecular flexibility index (Phi) is 2.95. The van der Waals surface area contributed by atoms with Gasteiger partial charge in [-0.2, -0.15) is 13.2 Å². The van der Waals surface area contributed by atoms with Crippen molar-refractivity contribution >= 4 is 0 Å². The third-order valence-electron chi connectivity index (χ3n) is 2.11. The molecule has 1 aliphatic rings. The summed E-state index contributed by atoms with van der Waals surface area (Å²) in [5.74, 6) is 0.257. The Morgan fingerprint density at radius 2 is 2.08 bits per heavy atom. The highest BCUT2D eigenvalue weighted by atomic mass is 19.4. The van der Waals surface area contributed by atoms with Crippen LogP contribution in [-0.2, 0) is 0 Å². The molecule has 0 aromatic rings. The van der Waals surface area contributed by atoms with Crippen molar-refractivity contribution in [3.63, 3.8) is 0 Å². The molecular formula is C7H13F3N2. The third kappa shape index (κ3) is 2.98. The summed E-state index contributed by atoms with van der Waals surface area (Å²) in [6, 6.07) is 0. The fraction of sp³-hybridized carbons (Fsp3) is 1.00. The van der Waals surface area contributed by atoms with Crippen LogP contribution in [0.4, 0.5) is 13.2 Å². The Labute approximate surface area is 69.5 Å². The van der Waals surface area contributed by atoms with Gasteiger partial charge in [-0.1, -0.05) is 0 Å². The lowest BCUT2D eigenvalue weighted by Gasteiger charge is -2.17. The average Bonchev–Trinajstić information content (AvgIpc) is 2.32. The van der Waals surface area contributed by atoms with Crippen LogP contribution in [0.1, 0.15) is 6.42 Å². The monoisotopic (exact) mass is 182 g/mol. The highest BCUT2D eigenvalue weighted by Crippen LogP contribution is 2.21. The van der Waals surface area contributed by atoms with Crippen molar-refractivity contribution in [3.8, 4) is 0 Å². The van der Waals surface area contributed by atoms with E-state index in [4.69, 9.17) is 5.73 Å². The zero-order valence-electron chi connectivity index (χ0n) is 6.77. The minimum absolute atomic E-state index is 0.257. The first-order chi connectivity index (χ1) is 5.51. The van der Waals surface area contributed by atoms with E-state index in [-0.39, 0.29) is 5.92 Å². The molecule has 1 saturated heterocycles. The van der Waals surface area contributed by atoms with E-state index in [1.165, 1.54) is 4.90 Å². The molecule has 1 fully saturated rings. The van der Waals surface area contributed by atoms with Gasteiger partial charge in [0.1, 0.15) is 0 Å². The van der Waals surface area contributed by atoms with E-state index in [9.17, 15) is 13.2 Å². The maximum Gasteiger partial charge on any atom is 0.401 e. The van der Waals surface area contributed by atoms with Crippen LogP contribution in [0.3, 0.4) is 0 Å². The fourth-order valence-corrected chi connectivity index (χ4v) is 1.50. The number of halogens is 3. The van der Waals surface area contributed by atoms with Gasteiger partial charge < -0.3 is 5.73 Å². The zero-order valence-corrected chi connectivity index (χ0v) is 6.77. The van der Waals surface area contributed by atoms with E-state index >= 15 is 0 Å². The second-order valence-corrected chi connectivity index (χ2v) is 3.24. The maximum atomic E-state index is 11.9. The van der Waals surface area contributed by atoms with E-state index < -0.39 is 12.7 Å². The summed E-state index contributed by atoms with van der Waals surface area (Å²) in [5, 5.41) is 0. The molecule has 0 aliphatic carbocycles. The number of nitrogens with two attached hydrogens (primary N) is 1. The van der Waals surface area contributed by atoms with Crippen molar-refractivity contribution < 1.29 is 13.2 Å². The first-order valence-corrected chi connectivity index (χ1v) is 4.00. The highest BCUT2D eigenvalue weighted by Gasteiger charge is 2.33. The molecule has 72 valence electrons. The molecule has 0 radical (unpaired) electrons. The first-order valence-electron chi connectivity index (χ1n) is 4.00. The molecule has 2 N–H and O–H groups in total. The number of rotatable bonds is 2. The van der Waals surface area contributed by atoms with Gasteiger partial charge in [-0.3, -0.25) is 4.90 Å². The Bertz CT molecular complexity index is 146. The minimum Gasteiger partial charge on any atom is -0.330 e. The van der Waals surface area contributed by atoms with Crippen molar-refractivity contribution in [2.45, 2.75) is 12.6 Å². The minimum atomic E-state index is -4.07. The van der Waals surface area contributed by atoms with E-state index in [0.717, 1.165) is 6.42 Å². The maximum absolute atomic E-state index is 11.9. The molecule has 0 unspecified atom stereocenters. The molecular weight excluding hydrogens is 169 g/mol. The normalized spacial score (nSPS) is 26.5. The summed E-state index contributed by atoms with van der Waals surface area (Å²) in [7, 11) is 0. The molecule has 2 nitrogen and oxygen atoms in total. The number of alkyl halides is 3. The second kappa shape index (κ2) is 3.62. The lowest BCUT2D eigenvalue weighted by Crippen LogP contribution is -2.33. The van der Waals surface area contributed by atoms with Gasteiger partial charge in [0.25, 0.3) is 0 Å². The summed E-state index contributed by atoms with van der Waals surface area (Å²) in [6.45, 7) is 0.731. The van der Waals surface area contributed by atoms with Crippen LogP contribution < -0.4 is 5.73 Å². The van der Waals surface area contributed by atoms with Crippen molar-refractivity contribution in [1.82, 2.24) is 4.90 Å². The van der Waals surface area contributed by atoms with Gasteiger partial charge in [0.15, 0.2) is 0 Å². The summed E-state index contributed by atoms with van der Waals surface area (Å²) in [6.07, 6.45) is -3.27. The Balaban J connectivity index is 2.28. The molecule has 0 saturated carbocycles. The lowest BCUT2D eigenvalue weighted by atomic mass is 10.1. The van der Waals surface area contributed by atoms with Crippen LogP contribution in [0.5, 0.6) is 0 Å². The van der Waals surface area contributed by atoms with Crippen molar-refractivity contribution in [1.29, 1.82) is 0 Å². The average molecular weight is 182 g/mol. The van der Waals surface area contributed by atoms with Crippen molar-refractivity contribution in [3.05, 3.63) is 0 Å². The summed E-state index contributed by atoms with van der Waals surface area (Å²) >= 11 is 0. The number of likely N-dealkylation sites (tertiary alicyclic amines) is 1. The number of hydrogen-bond acceptors (Lipinski definition) is 2. The van der Waals surface area contributed by atoms with Crippen LogP contribution in [0, 0.1) is 5.92 Å². The van der Waals surface area contributed by atoms with E-state index in [0.29, 0.717) is 19.6 Å². The number of nitrogens with zero attached hydrogens (tertiary/aromatic N) is 1. The largest absolute Gasteiger partial charge is 0.401 e. The molecule has 0 spiro atoms. The number of hydrogen-bond donors (Lipinski definition) is 1. The van der Waals surface area contributed by atoms with Gasteiger partial charge in [0.05, 0.1) is 6.54 Å². The topological polar surface area (TPSA) is 29.3 Å². The molecule has 5 heteroatoms. The first kappa shape index (κ1) is 9.80. The second-order valence-electron chi connectivity index (χ2n) is 3.24. The van der Waals surface area contributed by atoms with Gasteiger partial charge >= 0.3 is 6.18 Å². The zero-order chi connectivity index (χ0) is 9.19. The van der Waals surface area contributed by atoms with Crippen LogP contribution in [0.25, 0.3) is 0 Å². The molecule has 0 aromatic heterocycles. The lowest BCUT2D eigenvalue weighted by molar-refractivity contribution is -0.143. The highest BCUT2D eigenvalue weighted by molar-refractivity contribution is 4.77. The SMILES string of the molecule is NC[C@@H]1CCN(CC(F)(F)F)C1. The Morgan fingerprint density at radius 3 is 2.50 bits per heavy atom. The quantitative estimate of drug-likeness (QED) is 0.685. The summed E-state index contributed by atoms with van der Waals surface area (Å²) in [5.41, 5.74) is 5.35. The predicted molar refractivity (Wildman–Crippen MR) is 39.7 cm³/mol. The molecule has 1 heterocycles. The van der Waals surface area contributed by atoms with E-state index in [1.54, 1.807) is 0 Å². The van der Waals surface area contributed by atoms with Crippen LogP contribution in [0.15, 0.2) is 0 Å². The fourth-order valence-electron chi connectivity index (χ4n) is 1.50. The molecule has 0 amide bonds. The third-order valence-corrected chi connectivity index (χ3v) is 2.11. The van der Waals surface area contributed by atoms with Crippen LogP contribution in [0.2, 0.25) is 0 Å². The van der Waals surface area contributed by atoms with Gasteiger partial charge in [-0.15, -0.1) is 0 Å². The molecule has 0 aromatic carbocycles. The molecule has 1 rings (SSSR count). The standard InChI is InChI=1S/C7H13F3N2/c8-7(9,10)5-12-2-1-6(3-11)4-12/h6H,1-5,11H2/t6-/m0/s1. The predicted octanol–water partition coefficient (Wildman–Crippen LogP) is 0.829. The van der Waals surface area contributed by atoms with Gasteiger partial charge in [-0.25, -0.2) is 0 Å². The Hall–Kier alpha value is -0.290. The van der Waals surface area contributed by atoms with Gasteiger partial charge in [0, 0.05) is 6.54 Å². The van der Waals surface area contributed by atoms with Crippen LogP contribution in [-0.4, -0.2) is 37.3 Å². The Morgan fingerprint density at radius 1 is 1.42 bits per heavy atom. The molecule has 1 aliphatic heterocycles. The smallest absolute Gasteiger partial charge is 0.330 e.